The van der Waals surface area contributed by atoms with E-state index in [4.69, 9.17) is 0 Å². The van der Waals surface area contributed by atoms with Gasteiger partial charge in [-0.2, -0.15) is 0 Å². The molecule has 0 aliphatic carbocycles. The predicted octanol–water partition coefficient (Wildman–Crippen LogP) is 5.42. The Morgan fingerprint density at radius 3 is 1.93 bits per heavy atom. The van der Waals surface area contributed by atoms with Crippen LogP contribution in [0.4, 0.5) is 0 Å². The minimum Gasteiger partial charge on any atom is -0.0654 e. The van der Waals surface area contributed by atoms with Crippen LogP contribution in [0.5, 0.6) is 0 Å². The molecule has 0 amide bonds. The summed E-state index contributed by atoms with van der Waals surface area (Å²) in [5.41, 5.74) is 0.666. The third-order valence-electron chi connectivity index (χ3n) is 3.43. The Labute approximate surface area is 91.5 Å². The van der Waals surface area contributed by atoms with Crippen LogP contribution in [0.3, 0.4) is 0 Å². The molecule has 0 saturated heterocycles. The van der Waals surface area contributed by atoms with Gasteiger partial charge in [-0.25, -0.2) is 0 Å². The molecule has 1 atom stereocenters. The standard InChI is InChI=1S/C14H30/c1-6-9-11-14(8-3,10-7-2)12-13(4)5/h13H,6-12H2,1-5H3. The van der Waals surface area contributed by atoms with E-state index in [-0.39, 0.29) is 0 Å². The highest BCUT2D eigenvalue weighted by atomic mass is 14.3. The molecule has 0 radical (unpaired) electrons. The fourth-order valence-electron chi connectivity index (χ4n) is 2.78. The van der Waals surface area contributed by atoms with E-state index >= 15 is 0 Å². The van der Waals surface area contributed by atoms with Crippen molar-refractivity contribution in [2.45, 2.75) is 79.6 Å². The molecule has 0 fully saturated rings. The first-order chi connectivity index (χ1) is 6.60. The highest BCUT2D eigenvalue weighted by Gasteiger charge is 2.27. The average Bonchev–Trinajstić information content (AvgIpc) is 2.14. The maximum absolute atomic E-state index is 2.38. The van der Waals surface area contributed by atoms with Crippen molar-refractivity contribution in [3.63, 3.8) is 0 Å². The van der Waals surface area contributed by atoms with Crippen LogP contribution in [0.25, 0.3) is 0 Å². The van der Waals surface area contributed by atoms with Crippen LogP contribution in [0.2, 0.25) is 0 Å². The van der Waals surface area contributed by atoms with Crippen LogP contribution in [0, 0.1) is 11.3 Å². The van der Waals surface area contributed by atoms with E-state index in [1.165, 1.54) is 44.9 Å². The molecular formula is C14H30. The van der Waals surface area contributed by atoms with Gasteiger partial charge in [-0.15, -0.1) is 0 Å². The van der Waals surface area contributed by atoms with Gasteiger partial charge in [-0.05, 0) is 30.6 Å². The zero-order valence-electron chi connectivity index (χ0n) is 11.0. The number of rotatable bonds is 8. The minimum atomic E-state index is 0.666. The Morgan fingerprint density at radius 1 is 0.929 bits per heavy atom. The molecule has 0 spiro atoms. The predicted molar refractivity (Wildman–Crippen MR) is 66.6 cm³/mol. The first-order valence-corrected chi connectivity index (χ1v) is 6.60. The second kappa shape index (κ2) is 7.31. The molecule has 0 heteroatoms. The first kappa shape index (κ1) is 14.0. The zero-order valence-corrected chi connectivity index (χ0v) is 11.0. The molecule has 0 saturated carbocycles. The summed E-state index contributed by atoms with van der Waals surface area (Å²) in [4.78, 5) is 0. The Kier molecular flexibility index (Phi) is 7.31. The monoisotopic (exact) mass is 198 g/mol. The van der Waals surface area contributed by atoms with Gasteiger partial charge in [0.2, 0.25) is 0 Å². The molecule has 0 heterocycles. The molecule has 14 heavy (non-hydrogen) atoms. The highest BCUT2D eigenvalue weighted by Crippen LogP contribution is 2.40. The van der Waals surface area contributed by atoms with Crippen LogP contribution >= 0.6 is 0 Å². The SMILES string of the molecule is CCCCC(CC)(CCC)CC(C)C. The third-order valence-corrected chi connectivity index (χ3v) is 3.43. The van der Waals surface area contributed by atoms with Crippen LogP contribution in [0.1, 0.15) is 79.6 Å². The summed E-state index contributed by atoms with van der Waals surface area (Å²) in [5, 5.41) is 0. The average molecular weight is 198 g/mol. The lowest BCUT2D eigenvalue weighted by molar-refractivity contribution is 0.174. The van der Waals surface area contributed by atoms with Gasteiger partial charge >= 0.3 is 0 Å². The lowest BCUT2D eigenvalue weighted by Crippen LogP contribution is -2.22. The van der Waals surface area contributed by atoms with Gasteiger partial charge in [0.15, 0.2) is 0 Å². The third kappa shape index (κ3) is 5.02. The lowest BCUT2D eigenvalue weighted by Gasteiger charge is -2.34. The van der Waals surface area contributed by atoms with Gasteiger partial charge in [-0.1, -0.05) is 60.3 Å². The van der Waals surface area contributed by atoms with E-state index in [0.717, 1.165) is 5.92 Å². The Morgan fingerprint density at radius 2 is 1.57 bits per heavy atom. The maximum Gasteiger partial charge on any atom is -0.0298 e. The van der Waals surface area contributed by atoms with Gasteiger partial charge in [0.25, 0.3) is 0 Å². The van der Waals surface area contributed by atoms with Gasteiger partial charge in [0, 0.05) is 0 Å². The quantitative estimate of drug-likeness (QED) is 0.488. The van der Waals surface area contributed by atoms with E-state index in [2.05, 4.69) is 34.6 Å². The Hall–Kier alpha value is 0. The van der Waals surface area contributed by atoms with Crippen LogP contribution in [-0.4, -0.2) is 0 Å². The van der Waals surface area contributed by atoms with Gasteiger partial charge in [0.1, 0.15) is 0 Å². The van der Waals surface area contributed by atoms with Crippen molar-refractivity contribution in [3.8, 4) is 0 Å². The largest absolute Gasteiger partial charge is 0.0654 e. The maximum atomic E-state index is 2.38. The minimum absolute atomic E-state index is 0.666. The van der Waals surface area contributed by atoms with E-state index in [1.54, 1.807) is 0 Å². The fraction of sp³-hybridized carbons (Fsp3) is 1.00. The molecule has 0 rings (SSSR count). The molecule has 1 unspecified atom stereocenters. The molecule has 0 aliphatic heterocycles. The van der Waals surface area contributed by atoms with Gasteiger partial charge in [-0.3, -0.25) is 0 Å². The molecule has 0 aromatic rings. The van der Waals surface area contributed by atoms with Gasteiger partial charge < -0.3 is 0 Å². The van der Waals surface area contributed by atoms with Crippen molar-refractivity contribution in [2.75, 3.05) is 0 Å². The van der Waals surface area contributed by atoms with Crippen LogP contribution < -0.4 is 0 Å². The molecular weight excluding hydrogens is 168 g/mol. The lowest BCUT2D eigenvalue weighted by atomic mass is 9.71. The molecule has 0 nitrogen and oxygen atoms in total. The summed E-state index contributed by atoms with van der Waals surface area (Å²) in [7, 11) is 0. The van der Waals surface area contributed by atoms with E-state index < -0.39 is 0 Å². The molecule has 0 aliphatic rings. The normalized spacial score (nSPS) is 15.9. The zero-order chi connectivity index (χ0) is 11.0. The van der Waals surface area contributed by atoms with Crippen molar-refractivity contribution in [1.82, 2.24) is 0 Å². The van der Waals surface area contributed by atoms with Gasteiger partial charge in [0.05, 0.1) is 0 Å². The number of hydrogen-bond acceptors (Lipinski definition) is 0. The summed E-state index contributed by atoms with van der Waals surface area (Å²) in [5.74, 6) is 0.860. The second-order valence-electron chi connectivity index (χ2n) is 5.31. The number of unbranched alkanes of at least 4 members (excludes halogenated alkanes) is 1. The van der Waals surface area contributed by atoms with E-state index in [9.17, 15) is 0 Å². The highest BCUT2D eigenvalue weighted by molar-refractivity contribution is 4.78. The van der Waals surface area contributed by atoms with Crippen molar-refractivity contribution < 1.29 is 0 Å². The molecule has 0 bridgehead atoms. The van der Waals surface area contributed by atoms with Crippen molar-refractivity contribution in [3.05, 3.63) is 0 Å². The Bertz CT molecular complexity index is 126. The van der Waals surface area contributed by atoms with Crippen molar-refractivity contribution in [2.24, 2.45) is 11.3 Å². The smallest absolute Gasteiger partial charge is 0.0298 e. The van der Waals surface area contributed by atoms with Crippen molar-refractivity contribution >= 4 is 0 Å². The number of hydrogen-bond donors (Lipinski definition) is 0. The summed E-state index contributed by atoms with van der Waals surface area (Å²) < 4.78 is 0. The summed E-state index contributed by atoms with van der Waals surface area (Å²) in [6.07, 6.45) is 9.80. The van der Waals surface area contributed by atoms with E-state index in [1.807, 2.05) is 0 Å². The summed E-state index contributed by atoms with van der Waals surface area (Å²) in [6.45, 7) is 11.8. The molecule has 0 N–H and O–H groups in total. The van der Waals surface area contributed by atoms with Crippen LogP contribution in [0.15, 0.2) is 0 Å². The molecule has 0 aromatic carbocycles. The fourth-order valence-corrected chi connectivity index (χ4v) is 2.78. The summed E-state index contributed by atoms with van der Waals surface area (Å²) in [6, 6.07) is 0. The second-order valence-corrected chi connectivity index (χ2v) is 5.31. The van der Waals surface area contributed by atoms with Crippen molar-refractivity contribution in [1.29, 1.82) is 0 Å². The topological polar surface area (TPSA) is 0 Å². The first-order valence-electron chi connectivity index (χ1n) is 6.60. The summed E-state index contributed by atoms with van der Waals surface area (Å²) >= 11 is 0. The van der Waals surface area contributed by atoms with E-state index in [0.29, 0.717) is 5.41 Å². The Balaban J connectivity index is 4.26. The molecule has 86 valence electrons. The molecule has 0 aromatic heterocycles. The van der Waals surface area contributed by atoms with Crippen LogP contribution in [-0.2, 0) is 0 Å².